The predicted octanol–water partition coefficient (Wildman–Crippen LogP) is 0.516. The Morgan fingerprint density at radius 1 is 1.38 bits per heavy atom. The fourth-order valence-electron chi connectivity index (χ4n) is 2.58. The zero-order chi connectivity index (χ0) is 15.1. The molecule has 0 saturated carbocycles. The van der Waals surface area contributed by atoms with Gasteiger partial charge < -0.3 is 15.9 Å². The van der Waals surface area contributed by atoms with Crippen molar-refractivity contribution in [1.82, 2.24) is 4.90 Å². The molecule has 1 unspecified atom stereocenters. The molecule has 0 radical (unpaired) electrons. The summed E-state index contributed by atoms with van der Waals surface area (Å²) in [6.45, 7) is 0. The molecular formula is C14H14N2O4S. The van der Waals surface area contributed by atoms with Gasteiger partial charge in [-0.05, 0) is 29.7 Å². The van der Waals surface area contributed by atoms with Gasteiger partial charge in [0.25, 0.3) is 0 Å². The molecule has 3 rings (SSSR count). The minimum absolute atomic E-state index is 0.0542. The third-order valence-corrected chi connectivity index (χ3v) is 5.01. The van der Waals surface area contributed by atoms with Crippen LogP contribution in [0.3, 0.4) is 0 Å². The minimum Gasteiger partial charge on any atom is -0.508 e. The number of rotatable bonds is 3. The number of carbonyl (C=O) groups is 2. The number of aliphatic carboxylic acids is 1. The first-order valence-corrected chi connectivity index (χ1v) is 7.47. The number of phenolic OH excluding ortho intramolecular Hbond substituents is 1. The van der Waals surface area contributed by atoms with E-state index < -0.39 is 12.0 Å². The van der Waals surface area contributed by atoms with E-state index in [-0.39, 0.29) is 22.7 Å². The number of nitrogens with zero attached hydrogens (tertiary/aromatic N) is 1. The van der Waals surface area contributed by atoms with Crippen LogP contribution >= 0.6 is 11.8 Å². The highest BCUT2D eigenvalue weighted by Gasteiger charge is 2.51. The van der Waals surface area contributed by atoms with Crippen LogP contribution in [0.4, 0.5) is 0 Å². The molecule has 1 fully saturated rings. The number of aromatic hydroxyl groups is 1. The summed E-state index contributed by atoms with van der Waals surface area (Å²) in [6, 6.07) is 5.98. The topological polar surface area (TPSA) is 104 Å². The van der Waals surface area contributed by atoms with Gasteiger partial charge in [0.15, 0.2) is 0 Å². The zero-order valence-corrected chi connectivity index (χ0v) is 11.8. The van der Waals surface area contributed by atoms with Crippen molar-refractivity contribution in [3.63, 3.8) is 0 Å². The molecule has 0 bridgehead atoms. The maximum atomic E-state index is 11.8. The molecule has 2 aliphatic heterocycles. The Morgan fingerprint density at radius 2 is 2.05 bits per heavy atom. The van der Waals surface area contributed by atoms with Gasteiger partial charge in [-0.1, -0.05) is 12.1 Å². The lowest BCUT2D eigenvalue weighted by molar-refractivity contribution is -0.148. The van der Waals surface area contributed by atoms with Gasteiger partial charge in [0.05, 0.1) is 0 Å². The van der Waals surface area contributed by atoms with Crippen molar-refractivity contribution in [2.45, 2.75) is 17.8 Å². The van der Waals surface area contributed by atoms with Crippen LogP contribution in [-0.2, 0) is 16.0 Å². The van der Waals surface area contributed by atoms with Crippen LogP contribution in [0.5, 0.6) is 5.75 Å². The Hall–Kier alpha value is -1.99. The van der Waals surface area contributed by atoms with Crippen LogP contribution in [-0.4, -0.2) is 44.2 Å². The Balaban J connectivity index is 1.92. The lowest BCUT2D eigenvalue weighted by Gasteiger charge is -2.48. The standard InChI is InChI=1S/C14H14N2O4S/c15-10-12(18)16-11(14(19)20)8(6-21-13(10)16)5-7-1-3-9(17)4-2-7/h1-4,10,13,17H,5-6,15H2,(H,19,20)/t10?,13-/m1/s1. The summed E-state index contributed by atoms with van der Waals surface area (Å²) < 4.78 is 0. The molecule has 2 atom stereocenters. The summed E-state index contributed by atoms with van der Waals surface area (Å²) in [7, 11) is 0. The largest absolute Gasteiger partial charge is 0.508 e. The number of thioether (sulfide) groups is 1. The second-order valence-electron chi connectivity index (χ2n) is 5.04. The van der Waals surface area contributed by atoms with E-state index in [2.05, 4.69) is 0 Å². The van der Waals surface area contributed by atoms with E-state index in [4.69, 9.17) is 5.73 Å². The van der Waals surface area contributed by atoms with Gasteiger partial charge in [0.2, 0.25) is 5.91 Å². The summed E-state index contributed by atoms with van der Waals surface area (Å²) >= 11 is 1.49. The molecule has 21 heavy (non-hydrogen) atoms. The van der Waals surface area contributed by atoms with Gasteiger partial charge >= 0.3 is 5.97 Å². The summed E-state index contributed by atoms with van der Waals surface area (Å²) in [6.07, 6.45) is 0.431. The monoisotopic (exact) mass is 306 g/mol. The summed E-state index contributed by atoms with van der Waals surface area (Å²) in [5, 5.41) is 18.4. The summed E-state index contributed by atoms with van der Waals surface area (Å²) in [5.41, 5.74) is 7.33. The number of hydrogen-bond acceptors (Lipinski definition) is 5. The van der Waals surface area contributed by atoms with Crippen LogP contribution in [0.2, 0.25) is 0 Å². The van der Waals surface area contributed by atoms with E-state index in [0.29, 0.717) is 17.7 Å². The van der Waals surface area contributed by atoms with Crippen molar-refractivity contribution in [2.24, 2.45) is 5.73 Å². The van der Waals surface area contributed by atoms with E-state index in [1.165, 1.54) is 16.7 Å². The first-order chi connectivity index (χ1) is 9.99. The van der Waals surface area contributed by atoms with Gasteiger partial charge in [-0.3, -0.25) is 9.69 Å². The number of nitrogens with two attached hydrogens (primary N) is 1. The average molecular weight is 306 g/mol. The van der Waals surface area contributed by atoms with E-state index in [1.807, 2.05) is 0 Å². The minimum atomic E-state index is -1.10. The fraction of sp³-hybridized carbons (Fsp3) is 0.286. The summed E-state index contributed by atoms with van der Waals surface area (Å²) in [4.78, 5) is 24.6. The SMILES string of the molecule is NC1C(=O)N2C(C(=O)O)=C(Cc3ccc(O)cc3)CS[C@H]12. The zero-order valence-electron chi connectivity index (χ0n) is 11.0. The molecule has 1 aromatic rings. The number of hydrogen-bond donors (Lipinski definition) is 3. The van der Waals surface area contributed by atoms with Crippen molar-refractivity contribution in [2.75, 3.05) is 5.75 Å². The fourth-order valence-corrected chi connectivity index (χ4v) is 3.87. The number of benzene rings is 1. The maximum absolute atomic E-state index is 11.8. The molecule has 1 aromatic carbocycles. The van der Waals surface area contributed by atoms with Gasteiger partial charge in [0, 0.05) is 5.75 Å². The highest BCUT2D eigenvalue weighted by atomic mass is 32.2. The number of carbonyl (C=O) groups excluding carboxylic acids is 1. The Morgan fingerprint density at radius 3 is 2.67 bits per heavy atom. The van der Waals surface area contributed by atoms with Crippen LogP contribution < -0.4 is 5.73 Å². The Kier molecular flexibility index (Phi) is 3.38. The average Bonchev–Trinajstić information content (AvgIpc) is 2.48. The highest BCUT2D eigenvalue weighted by Crippen LogP contribution is 2.40. The van der Waals surface area contributed by atoms with Gasteiger partial charge in [-0.25, -0.2) is 4.79 Å². The molecule has 7 heteroatoms. The van der Waals surface area contributed by atoms with Crippen molar-refractivity contribution < 1.29 is 19.8 Å². The molecule has 110 valence electrons. The van der Waals surface area contributed by atoms with Crippen LogP contribution in [0.1, 0.15) is 5.56 Å². The lowest BCUT2D eigenvalue weighted by Crippen LogP contribution is -2.68. The van der Waals surface area contributed by atoms with E-state index in [0.717, 1.165) is 5.56 Å². The molecule has 2 aliphatic rings. The van der Waals surface area contributed by atoms with E-state index >= 15 is 0 Å². The van der Waals surface area contributed by atoms with Crippen LogP contribution in [0.15, 0.2) is 35.5 Å². The molecule has 0 aromatic heterocycles. The molecule has 1 amide bonds. The smallest absolute Gasteiger partial charge is 0.352 e. The summed E-state index contributed by atoms with van der Waals surface area (Å²) in [5.74, 6) is -0.750. The first kappa shape index (κ1) is 14.0. The van der Waals surface area contributed by atoms with Crippen molar-refractivity contribution in [3.8, 4) is 5.75 Å². The quantitative estimate of drug-likeness (QED) is 0.703. The number of carboxylic acids is 1. The van der Waals surface area contributed by atoms with Gasteiger partial charge in [0.1, 0.15) is 22.9 Å². The lowest BCUT2D eigenvalue weighted by atomic mass is 9.99. The van der Waals surface area contributed by atoms with E-state index in [1.54, 1.807) is 24.3 Å². The van der Waals surface area contributed by atoms with E-state index in [9.17, 15) is 19.8 Å². The molecule has 2 heterocycles. The van der Waals surface area contributed by atoms with Gasteiger partial charge in [-0.2, -0.15) is 0 Å². The third kappa shape index (κ3) is 2.28. The number of phenols is 1. The number of β-lactam (4-membered cyclic amide) rings is 1. The number of carboxylic acid groups (broad SMARTS) is 1. The molecule has 6 nitrogen and oxygen atoms in total. The second kappa shape index (κ2) is 5.09. The third-order valence-electron chi connectivity index (χ3n) is 3.64. The number of fused-ring (bicyclic) bond motifs is 1. The molecule has 0 aliphatic carbocycles. The Labute approximate surface area is 125 Å². The molecule has 0 spiro atoms. The maximum Gasteiger partial charge on any atom is 0.352 e. The highest BCUT2D eigenvalue weighted by molar-refractivity contribution is 8.00. The molecule has 1 saturated heterocycles. The van der Waals surface area contributed by atoms with Crippen LogP contribution in [0, 0.1) is 0 Å². The van der Waals surface area contributed by atoms with Crippen LogP contribution in [0.25, 0.3) is 0 Å². The normalized spacial score (nSPS) is 24.6. The molecule has 4 N–H and O–H groups in total. The molecular weight excluding hydrogens is 292 g/mol. The van der Waals surface area contributed by atoms with Crippen molar-refractivity contribution in [1.29, 1.82) is 0 Å². The predicted molar refractivity (Wildman–Crippen MR) is 77.5 cm³/mol. The van der Waals surface area contributed by atoms with Crippen molar-refractivity contribution in [3.05, 3.63) is 41.1 Å². The van der Waals surface area contributed by atoms with Gasteiger partial charge in [-0.15, -0.1) is 11.8 Å². The second-order valence-corrected chi connectivity index (χ2v) is 6.14. The first-order valence-electron chi connectivity index (χ1n) is 6.42. The Bertz CT molecular complexity index is 641. The van der Waals surface area contributed by atoms with Crippen molar-refractivity contribution >= 4 is 23.6 Å². The number of amides is 1.